The second-order valence-corrected chi connectivity index (χ2v) is 4.74. The highest BCUT2D eigenvalue weighted by molar-refractivity contribution is 8.00. The molecule has 18 heavy (non-hydrogen) atoms. The molecule has 0 saturated carbocycles. The average Bonchev–Trinajstić information content (AvgIpc) is 2.29. The lowest BCUT2D eigenvalue weighted by Crippen LogP contribution is -2.68. The van der Waals surface area contributed by atoms with Crippen LogP contribution in [0.1, 0.15) is 6.92 Å². The smallest absolute Gasteiger partial charge is 0.449 e. The summed E-state index contributed by atoms with van der Waals surface area (Å²) in [6.07, 6.45) is 2.07. The number of ether oxygens (including phenoxy) is 1. The molecule has 2 atom stereocenters. The van der Waals surface area contributed by atoms with Crippen molar-refractivity contribution in [2.24, 2.45) is 5.73 Å². The summed E-state index contributed by atoms with van der Waals surface area (Å²) in [6.45, 7) is 1.81. The fraction of sp³-hybridized carbons (Fsp3) is 0.400. The van der Waals surface area contributed by atoms with E-state index in [-0.39, 0.29) is 29.6 Å². The van der Waals surface area contributed by atoms with Crippen LogP contribution in [0.4, 0.5) is 4.79 Å². The van der Waals surface area contributed by atoms with Gasteiger partial charge in [-0.15, -0.1) is 24.2 Å². The second kappa shape index (κ2) is 5.64. The highest BCUT2D eigenvalue weighted by Crippen LogP contribution is 2.39. The molecule has 1 saturated heterocycles. The molecule has 0 aromatic carbocycles. The molecule has 8 heteroatoms. The van der Waals surface area contributed by atoms with Crippen molar-refractivity contribution in [1.82, 2.24) is 4.90 Å². The Labute approximate surface area is 114 Å². The SMILES string of the molecule is C/C=C/C1=C(OC(=O)O)N2C(=O)C(N)[C@@H]2SC1.Cl. The molecule has 3 N–H and O–H groups in total. The Morgan fingerprint density at radius 1 is 1.67 bits per heavy atom. The van der Waals surface area contributed by atoms with Crippen LogP contribution in [0.5, 0.6) is 0 Å². The van der Waals surface area contributed by atoms with Gasteiger partial charge in [-0.1, -0.05) is 12.2 Å². The van der Waals surface area contributed by atoms with E-state index < -0.39 is 12.2 Å². The first kappa shape index (κ1) is 14.9. The fourth-order valence-electron chi connectivity index (χ4n) is 1.79. The van der Waals surface area contributed by atoms with E-state index in [9.17, 15) is 9.59 Å². The number of hydrogen-bond acceptors (Lipinski definition) is 5. The van der Waals surface area contributed by atoms with Crippen LogP contribution in [0, 0.1) is 0 Å². The monoisotopic (exact) mass is 292 g/mol. The second-order valence-electron chi connectivity index (χ2n) is 3.63. The normalized spacial score (nSPS) is 26.6. The topological polar surface area (TPSA) is 92.9 Å². The minimum atomic E-state index is -1.43. The molecule has 2 heterocycles. The van der Waals surface area contributed by atoms with Crippen molar-refractivity contribution in [3.63, 3.8) is 0 Å². The van der Waals surface area contributed by atoms with Crippen LogP contribution in [0.25, 0.3) is 0 Å². The van der Waals surface area contributed by atoms with Crippen LogP contribution in [0.15, 0.2) is 23.6 Å². The Bertz CT molecular complexity index is 438. The maximum atomic E-state index is 11.6. The molecule has 0 aromatic rings. The van der Waals surface area contributed by atoms with Gasteiger partial charge in [0.25, 0.3) is 0 Å². The maximum absolute atomic E-state index is 11.6. The van der Waals surface area contributed by atoms with E-state index in [0.717, 1.165) is 0 Å². The molecule has 100 valence electrons. The number of carbonyl (C=O) groups excluding carboxylic acids is 1. The number of rotatable bonds is 2. The van der Waals surface area contributed by atoms with Crippen molar-refractivity contribution in [2.75, 3.05) is 5.75 Å². The van der Waals surface area contributed by atoms with Crippen molar-refractivity contribution in [1.29, 1.82) is 0 Å². The molecule has 0 bridgehead atoms. The van der Waals surface area contributed by atoms with Gasteiger partial charge in [-0.05, 0) is 6.92 Å². The number of carbonyl (C=O) groups is 2. The van der Waals surface area contributed by atoms with E-state index >= 15 is 0 Å². The van der Waals surface area contributed by atoms with E-state index in [4.69, 9.17) is 15.6 Å². The third kappa shape index (κ3) is 2.33. The molecule has 6 nitrogen and oxygen atoms in total. The summed E-state index contributed by atoms with van der Waals surface area (Å²) in [5.74, 6) is 0.362. The average molecular weight is 293 g/mol. The van der Waals surface area contributed by atoms with Crippen molar-refractivity contribution in [2.45, 2.75) is 18.3 Å². The Morgan fingerprint density at radius 3 is 2.89 bits per heavy atom. The molecule has 0 radical (unpaired) electrons. The summed E-state index contributed by atoms with van der Waals surface area (Å²) in [7, 11) is 0. The number of nitrogens with zero attached hydrogens (tertiary/aromatic N) is 1. The fourth-order valence-corrected chi connectivity index (χ4v) is 3.03. The van der Waals surface area contributed by atoms with Crippen LogP contribution in [-0.2, 0) is 9.53 Å². The number of carboxylic acid groups (broad SMARTS) is 1. The number of β-lactam (4-membered cyclic amide) rings is 1. The minimum absolute atomic E-state index is 0. The zero-order valence-electron chi connectivity index (χ0n) is 9.53. The Balaban J connectivity index is 0.00000162. The number of thioether (sulfide) groups is 1. The number of hydrogen-bond donors (Lipinski definition) is 2. The van der Waals surface area contributed by atoms with E-state index in [1.54, 1.807) is 12.2 Å². The molecule has 2 rings (SSSR count). The lowest BCUT2D eigenvalue weighted by Gasteiger charge is -2.47. The molecule has 1 amide bonds. The molecular weight excluding hydrogens is 280 g/mol. The van der Waals surface area contributed by atoms with Crippen LogP contribution in [0.3, 0.4) is 0 Å². The van der Waals surface area contributed by atoms with Gasteiger partial charge in [0.1, 0.15) is 11.4 Å². The van der Waals surface area contributed by atoms with Crippen LogP contribution < -0.4 is 5.73 Å². The number of nitrogens with two attached hydrogens (primary N) is 1. The van der Waals surface area contributed by atoms with Crippen LogP contribution >= 0.6 is 24.2 Å². The minimum Gasteiger partial charge on any atom is -0.449 e. The van der Waals surface area contributed by atoms with Crippen molar-refractivity contribution in [3.8, 4) is 0 Å². The van der Waals surface area contributed by atoms with Crippen molar-refractivity contribution >= 4 is 36.2 Å². The van der Waals surface area contributed by atoms with Crippen molar-refractivity contribution < 1.29 is 19.4 Å². The van der Waals surface area contributed by atoms with Gasteiger partial charge in [0, 0.05) is 11.3 Å². The van der Waals surface area contributed by atoms with Gasteiger partial charge in [-0.3, -0.25) is 9.69 Å². The van der Waals surface area contributed by atoms with Gasteiger partial charge in [-0.2, -0.15) is 0 Å². The van der Waals surface area contributed by atoms with Gasteiger partial charge in [0.15, 0.2) is 0 Å². The van der Waals surface area contributed by atoms with Crippen LogP contribution in [-0.4, -0.2) is 39.2 Å². The highest BCUT2D eigenvalue weighted by atomic mass is 35.5. The Morgan fingerprint density at radius 2 is 2.33 bits per heavy atom. The molecular formula is C10H13ClN2O4S. The number of fused-ring (bicyclic) bond motifs is 1. The molecule has 0 spiro atoms. The number of amides is 1. The van der Waals surface area contributed by atoms with E-state index in [1.807, 2.05) is 6.92 Å². The highest BCUT2D eigenvalue weighted by Gasteiger charge is 2.51. The Kier molecular flexibility index (Phi) is 4.66. The van der Waals surface area contributed by atoms with Crippen molar-refractivity contribution in [3.05, 3.63) is 23.6 Å². The summed E-state index contributed by atoms with van der Waals surface area (Å²) >= 11 is 1.50. The van der Waals surface area contributed by atoms with Gasteiger partial charge < -0.3 is 15.6 Å². The first-order valence-electron chi connectivity index (χ1n) is 5.03. The predicted molar refractivity (Wildman–Crippen MR) is 69.3 cm³/mol. The maximum Gasteiger partial charge on any atom is 0.512 e. The number of allylic oxidation sites excluding steroid dienone is 2. The van der Waals surface area contributed by atoms with Gasteiger partial charge >= 0.3 is 6.16 Å². The third-order valence-electron chi connectivity index (χ3n) is 2.54. The lowest BCUT2D eigenvalue weighted by molar-refractivity contribution is -0.144. The standard InChI is InChI=1S/C10H12N2O4S.ClH/c1-2-3-5-4-17-9-6(11)7(13)12(9)8(5)16-10(14)15;/h2-3,6,9H,4,11H2,1H3,(H,14,15);1H/b3-2+;/t6?,9-;/m0./s1. The van der Waals surface area contributed by atoms with E-state index in [2.05, 4.69) is 0 Å². The first-order valence-corrected chi connectivity index (χ1v) is 6.08. The molecule has 0 aliphatic carbocycles. The van der Waals surface area contributed by atoms with Gasteiger partial charge in [0.2, 0.25) is 11.8 Å². The molecule has 0 aromatic heterocycles. The number of halogens is 1. The zero-order chi connectivity index (χ0) is 12.6. The third-order valence-corrected chi connectivity index (χ3v) is 3.86. The first-order chi connectivity index (χ1) is 8.06. The zero-order valence-corrected chi connectivity index (χ0v) is 11.2. The largest absolute Gasteiger partial charge is 0.512 e. The van der Waals surface area contributed by atoms with E-state index in [0.29, 0.717) is 11.3 Å². The molecule has 1 fully saturated rings. The van der Waals surface area contributed by atoms with Crippen LogP contribution in [0.2, 0.25) is 0 Å². The molecule has 2 aliphatic rings. The van der Waals surface area contributed by atoms with E-state index in [1.165, 1.54) is 16.7 Å². The van der Waals surface area contributed by atoms with Gasteiger partial charge in [-0.25, -0.2) is 4.79 Å². The lowest BCUT2D eigenvalue weighted by atomic mass is 10.1. The quantitative estimate of drug-likeness (QED) is 0.585. The molecule has 2 aliphatic heterocycles. The summed E-state index contributed by atoms with van der Waals surface area (Å²) in [6, 6.07) is -0.570. The molecule has 1 unspecified atom stereocenters. The summed E-state index contributed by atoms with van der Waals surface area (Å²) < 4.78 is 4.69. The Hall–Kier alpha value is -1.18. The van der Waals surface area contributed by atoms with Gasteiger partial charge in [0.05, 0.1) is 0 Å². The summed E-state index contributed by atoms with van der Waals surface area (Å²) in [5.41, 5.74) is 6.31. The predicted octanol–water partition coefficient (Wildman–Crippen LogP) is 1.13. The summed E-state index contributed by atoms with van der Waals surface area (Å²) in [5, 5.41) is 8.46. The summed E-state index contributed by atoms with van der Waals surface area (Å²) in [4.78, 5) is 23.5.